The predicted molar refractivity (Wildman–Crippen MR) is 80.3 cm³/mol. The molecule has 0 unspecified atom stereocenters. The summed E-state index contributed by atoms with van der Waals surface area (Å²) in [6.07, 6.45) is 6.73. The highest BCUT2D eigenvalue weighted by atomic mass is 16.1. The first kappa shape index (κ1) is 16.4. The summed E-state index contributed by atoms with van der Waals surface area (Å²) in [5.41, 5.74) is 6.31. The average molecular weight is 279 g/mol. The molecular weight excluding hydrogens is 254 g/mol. The number of rotatable bonds is 10. The number of carbonyl (C=O) groups excluding carboxylic acids is 1. The molecule has 6 nitrogen and oxygen atoms in total. The fourth-order valence-electron chi connectivity index (χ4n) is 1.80. The maximum Gasteiger partial charge on any atom is 0.237 e. The number of anilines is 1. The molecule has 112 valence electrons. The Kier molecular flexibility index (Phi) is 7.57. The Bertz CT molecular complexity index is 393. The van der Waals surface area contributed by atoms with Gasteiger partial charge in [0, 0.05) is 31.0 Å². The Morgan fingerprint density at radius 3 is 2.55 bits per heavy atom. The van der Waals surface area contributed by atoms with E-state index < -0.39 is 0 Å². The van der Waals surface area contributed by atoms with Crippen LogP contribution in [0.5, 0.6) is 0 Å². The fourth-order valence-corrected chi connectivity index (χ4v) is 1.80. The summed E-state index contributed by atoms with van der Waals surface area (Å²) in [6, 6.07) is 0. The van der Waals surface area contributed by atoms with Crippen molar-refractivity contribution in [2.24, 2.45) is 5.73 Å². The van der Waals surface area contributed by atoms with E-state index in [1.807, 2.05) is 4.90 Å². The van der Waals surface area contributed by atoms with Gasteiger partial charge in [-0.05, 0) is 19.4 Å². The number of unbranched alkanes of at least 4 members (excludes halogenated alkanes) is 1. The summed E-state index contributed by atoms with van der Waals surface area (Å²) in [4.78, 5) is 21.6. The van der Waals surface area contributed by atoms with Crippen molar-refractivity contribution in [1.29, 1.82) is 0 Å². The highest BCUT2D eigenvalue weighted by molar-refractivity contribution is 5.78. The van der Waals surface area contributed by atoms with Crippen molar-refractivity contribution in [3.8, 4) is 0 Å². The number of hydrogen-bond acceptors (Lipinski definition) is 5. The van der Waals surface area contributed by atoms with E-state index in [0.717, 1.165) is 44.5 Å². The van der Waals surface area contributed by atoms with Gasteiger partial charge in [0.15, 0.2) is 0 Å². The third-order valence-electron chi connectivity index (χ3n) is 2.86. The summed E-state index contributed by atoms with van der Waals surface area (Å²) in [6.45, 7) is 6.87. The Morgan fingerprint density at radius 2 is 2.00 bits per heavy atom. The third kappa shape index (κ3) is 5.97. The number of nitrogens with one attached hydrogen (secondary N) is 1. The molecule has 1 aromatic rings. The van der Waals surface area contributed by atoms with Gasteiger partial charge in [0.25, 0.3) is 0 Å². The van der Waals surface area contributed by atoms with Crippen LogP contribution in [0.15, 0.2) is 12.4 Å². The van der Waals surface area contributed by atoms with Crippen LogP contribution >= 0.6 is 0 Å². The molecule has 1 rings (SSSR count). The molecule has 0 spiro atoms. The van der Waals surface area contributed by atoms with Crippen LogP contribution < -0.4 is 16.0 Å². The maximum atomic E-state index is 11.1. The Labute approximate surface area is 120 Å². The molecule has 0 atom stereocenters. The molecule has 1 amide bonds. The lowest BCUT2D eigenvalue weighted by atomic mass is 10.3. The van der Waals surface area contributed by atoms with E-state index in [-0.39, 0.29) is 12.5 Å². The van der Waals surface area contributed by atoms with Crippen molar-refractivity contribution < 1.29 is 4.79 Å². The van der Waals surface area contributed by atoms with Gasteiger partial charge in [-0.15, -0.1) is 0 Å². The Balaban J connectivity index is 2.63. The zero-order chi connectivity index (χ0) is 14.8. The van der Waals surface area contributed by atoms with Crippen LogP contribution in [0.4, 0.5) is 5.95 Å². The third-order valence-corrected chi connectivity index (χ3v) is 2.86. The van der Waals surface area contributed by atoms with Gasteiger partial charge in [0.2, 0.25) is 11.9 Å². The average Bonchev–Trinajstić information content (AvgIpc) is 2.44. The second kappa shape index (κ2) is 9.25. The molecule has 0 aliphatic heterocycles. The molecule has 0 fully saturated rings. The maximum absolute atomic E-state index is 11.1. The smallest absolute Gasteiger partial charge is 0.237 e. The van der Waals surface area contributed by atoms with Crippen LogP contribution in [-0.2, 0) is 11.3 Å². The summed E-state index contributed by atoms with van der Waals surface area (Å²) in [7, 11) is 0. The standard InChI is InChI=1S/C14H25N5O/c1-3-5-7-19(11-13(15)20)14-17-9-12(10-18-14)8-16-6-4-2/h9-10,16H,3-8,11H2,1-2H3,(H2,15,20). The van der Waals surface area contributed by atoms with E-state index in [2.05, 4.69) is 29.1 Å². The summed E-state index contributed by atoms with van der Waals surface area (Å²) < 4.78 is 0. The Morgan fingerprint density at radius 1 is 1.30 bits per heavy atom. The van der Waals surface area contributed by atoms with Gasteiger partial charge in [-0.25, -0.2) is 9.97 Å². The van der Waals surface area contributed by atoms with Gasteiger partial charge in [0.1, 0.15) is 0 Å². The number of amides is 1. The molecule has 0 bridgehead atoms. The molecular formula is C14H25N5O. The van der Waals surface area contributed by atoms with Crippen molar-refractivity contribution in [2.75, 3.05) is 24.5 Å². The molecule has 0 saturated carbocycles. The van der Waals surface area contributed by atoms with Crippen molar-refractivity contribution in [1.82, 2.24) is 15.3 Å². The number of hydrogen-bond donors (Lipinski definition) is 2. The van der Waals surface area contributed by atoms with E-state index in [0.29, 0.717) is 5.95 Å². The number of nitrogens with zero attached hydrogens (tertiary/aromatic N) is 3. The van der Waals surface area contributed by atoms with E-state index >= 15 is 0 Å². The molecule has 20 heavy (non-hydrogen) atoms. The zero-order valence-electron chi connectivity index (χ0n) is 12.4. The molecule has 0 aliphatic carbocycles. The van der Waals surface area contributed by atoms with Crippen molar-refractivity contribution >= 4 is 11.9 Å². The fraction of sp³-hybridized carbons (Fsp3) is 0.643. The first-order valence-corrected chi connectivity index (χ1v) is 7.22. The summed E-state index contributed by atoms with van der Waals surface area (Å²) >= 11 is 0. The van der Waals surface area contributed by atoms with E-state index in [1.54, 1.807) is 12.4 Å². The predicted octanol–water partition coefficient (Wildman–Crippen LogP) is 1.07. The molecule has 1 heterocycles. The van der Waals surface area contributed by atoms with Crippen LogP contribution in [-0.4, -0.2) is 35.5 Å². The molecule has 1 aromatic heterocycles. The van der Waals surface area contributed by atoms with Crippen LogP contribution in [0.3, 0.4) is 0 Å². The highest BCUT2D eigenvalue weighted by Gasteiger charge is 2.11. The highest BCUT2D eigenvalue weighted by Crippen LogP contribution is 2.08. The summed E-state index contributed by atoms with van der Waals surface area (Å²) in [5, 5.41) is 3.30. The number of primary amides is 1. The zero-order valence-corrected chi connectivity index (χ0v) is 12.4. The van der Waals surface area contributed by atoms with Gasteiger partial charge >= 0.3 is 0 Å². The lowest BCUT2D eigenvalue weighted by Crippen LogP contribution is -2.35. The second-order valence-electron chi connectivity index (χ2n) is 4.81. The lowest BCUT2D eigenvalue weighted by Gasteiger charge is -2.20. The Hall–Kier alpha value is -1.69. The minimum Gasteiger partial charge on any atom is -0.368 e. The van der Waals surface area contributed by atoms with E-state index in [1.165, 1.54) is 0 Å². The van der Waals surface area contributed by atoms with Gasteiger partial charge in [-0.1, -0.05) is 20.3 Å². The number of nitrogens with two attached hydrogens (primary N) is 1. The molecule has 6 heteroatoms. The number of aromatic nitrogens is 2. The first-order chi connectivity index (χ1) is 9.67. The normalized spacial score (nSPS) is 10.5. The summed E-state index contributed by atoms with van der Waals surface area (Å²) in [5.74, 6) is 0.204. The van der Waals surface area contributed by atoms with Gasteiger partial charge in [-0.3, -0.25) is 4.79 Å². The van der Waals surface area contributed by atoms with E-state index in [4.69, 9.17) is 5.73 Å². The van der Waals surface area contributed by atoms with Crippen molar-refractivity contribution in [3.05, 3.63) is 18.0 Å². The lowest BCUT2D eigenvalue weighted by molar-refractivity contribution is -0.116. The molecule has 0 radical (unpaired) electrons. The monoisotopic (exact) mass is 279 g/mol. The largest absolute Gasteiger partial charge is 0.368 e. The van der Waals surface area contributed by atoms with Crippen LogP contribution in [0, 0.1) is 0 Å². The van der Waals surface area contributed by atoms with Crippen LogP contribution in [0.25, 0.3) is 0 Å². The SMILES string of the molecule is CCCCN(CC(N)=O)c1ncc(CNCCC)cn1. The van der Waals surface area contributed by atoms with Gasteiger partial charge in [-0.2, -0.15) is 0 Å². The van der Waals surface area contributed by atoms with Crippen LogP contribution in [0.1, 0.15) is 38.7 Å². The molecule has 0 saturated heterocycles. The van der Waals surface area contributed by atoms with Crippen LogP contribution in [0.2, 0.25) is 0 Å². The van der Waals surface area contributed by atoms with Crippen molar-refractivity contribution in [2.45, 2.75) is 39.7 Å². The van der Waals surface area contributed by atoms with Gasteiger partial charge in [0.05, 0.1) is 6.54 Å². The quantitative estimate of drug-likeness (QED) is 0.626. The topological polar surface area (TPSA) is 84.1 Å². The van der Waals surface area contributed by atoms with Gasteiger partial charge < -0.3 is 16.0 Å². The van der Waals surface area contributed by atoms with E-state index in [9.17, 15) is 4.79 Å². The van der Waals surface area contributed by atoms with Crippen molar-refractivity contribution in [3.63, 3.8) is 0 Å². The molecule has 0 aliphatic rings. The molecule has 3 N–H and O–H groups in total. The molecule has 0 aromatic carbocycles. The number of carbonyl (C=O) groups is 1. The second-order valence-corrected chi connectivity index (χ2v) is 4.81. The minimum atomic E-state index is -0.363. The minimum absolute atomic E-state index is 0.160. The first-order valence-electron chi connectivity index (χ1n) is 7.22.